The lowest BCUT2D eigenvalue weighted by Gasteiger charge is -2.30. The van der Waals surface area contributed by atoms with Crippen LogP contribution in [0.2, 0.25) is 0 Å². The number of carbonyl (C=O) groups is 1. The van der Waals surface area contributed by atoms with Crippen molar-refractivity contribution >= 4 is 17.3 Å². The van der Waals surface area contributed by atoms with Gasteiger partial charge in [0.2, 0.25) is 5.91 Å². The molecule has 0 bridgehead atoms. The van der Waals surface area contributed by atoms with Crippen LogP contribution in [-0.2, 0) is 14.3 Å². The lowest BCUT2D eigenvalue weighted by atomic mass is 10.1. The first-order chi connectivity index (χ1) is 11.3. The summed E-state index contributed by atoms with van der Waals surface area (Å²) >= 11 is 0. The van der Waals surface area contributed by atoms with E-state index in [4.69, 9.17) is 9.47 Å². The molecule has 1 saturated heterocycles. The van der Waals surface area contributed by atoms with Crippen LogP contribution in [0, 0.1) is 0 Å². The molecule has 0 aromatic heterocycles. The number of carbonyl (C=O) groups excluding carboxylic acids is 1. The summed E-state index contributed by atoms with van der Waals surface area (Å²) in [5.41, 5.74) is 2.05. The van der Waals surface area contributed by atoms with Crippen LogP contribution in [-0.4, -0.2) is 45.9 Å². The van der Waals surface area contributed by atoms with Gasteiger partial charge in [-0.15, -0.1) is 0 Å². The SMILES string of the molecule is COCCOCCCC(=O)Nc1ccccc1N1CCCCC1. The maximum Gasteiger partial charge on any atom is 0.224 e. The van der Waals surface area contributed by atoms with E-state index in [0.717, 1.165) is 30.9 Å². The molecule has 1 aliphatic rings. The maximum absolute atomic E-state index is 12.1. The molecule has 5 heteroatoms. The second-order valence-corrected chi connectivity index (χ2v) is 5.82. The number of methoxy groups -OCH3 is 1. The fourth-order valence-corrected chi connectivity index (χ4v) is 2.78. The summed E-state index contributed by atoms with van der Waals surface area (Å²) in [5, 5.41) is 3.05. The largest absolute Gasteiger partial charge is 0.382 e. The minimum atomic E-state index is 0.0461. The van der Waals surface area contributed by atoms with Gasteiger partial charge in [-0.3, -0.25) is 4.79 Å². The number of benzene rings is 1. The van der Waals surface area contributed by atoms with E-state index in [0.29, 0.717) is 26.2 Å². The topological polar surface area (TPSA) is 50.8 Å². The Hall–Kier alpha value is -1.59. The van der Waals surface area contributed by atoms with E-state index in [1.54, 1.807) is 7.11 Å². The zero-order chi connectivity index (χ0) is 16.3. The lowest BCUT2D eigenvalue weighted by Crippen LogP contribution is -2.30. The van der Waals surface area contributed by atoms with Crippen molar-refractivity contribution in [2.24, 2.45) is 0 Å². The Balaban J connectivity index is 1.79. The van der Waals surface area contributed by atoms with Gasteiger partial charge in [0.1, 0.15) is 0 Å². The predicted octanol–water partition coefficient (Wildman–Crippen LogP) is 3.06. The maximum atomic E-state index is 12.1. The summed E-state index contributed by atoms with van der Waals surface area (Å²) in [6, 6.07) is 8.08. The van der Waals surface area contributed by atoms with E-state index < -0.39 is 0 Å². The molecule has 1 aliphatic heterocycles. The van der Waals surface area contributed by atoms with Gasteiger partial charge in [-0.05, 0) is 37.8 Å². The van der Waals surface area contributed by atoms with Crippen molar-refractivity contribution in [3.05, 3.63) is 24.3 Å². The number of amides is 1. The van der Waals surface area contributed by atoms with Crippen molar-refractivity contribution in [2.75, 3.05) is 50.2 Å². The molecule has 1 amide bonds. The van der Waals surface area contributed by atoms with Crippen molar-refractivity contribution in [1.29, 1.82) is 0 Å². The van der Waals surface area contributed by atoms with Crippen LogP contribution < -0.4 is 10.2 Å². The third-order valence-corrected chi connectivity index (χ3v) is 4.00. The van der Waals surface area contributed by atoms with Crippen LogP contribution in [0.4, 0.5) is 11.4 Å². The van der Waals surface area contributed by atoms with E-state index in [-0.39, 0.29) is 5.91 Å². The zero-order valence-corrected chi connectivity index (χ0v) is 14.1. The van der Waals surface area contributed by atoms with Crippen molar-refractivity contribution in [2.45, 2.75) is 32.1 Å². The molecule has 0 saturated carbocycles. The van der Waals surface area contributed by atoms with Gasteiger partial charge in [-0.25, -0.2) is 0 Å². The van der Waals surface area contributed by atoms with Crippen molar-refractivity contribution in [3.8, 4) is 0 Å². The molecule has 5 nitrogen and oxygen atoms in total. The molecule has 1 N–H and O–H groups in total. The average molecular weight is 320 g/mol. The smallest absolute Gasteiger partial charge is 0.224 e. The molecule has 0 spiro atoms. The minimum absolute atomic E-state index is 0.0461. The molecule has 1 fully saturated rings. The molecule has 128 valence electrons. The van der Waals surface area contributed by atoms with Gasteiger partial charge in [0.25, 0.3) is 0 Å². The molecule has 0 radical (unpaired) electrons. The third kappa shape index (κ3) is 6.20. The molecule has 1 heterocycles. The number of piperidine rings is 1. The summed E-state index contributed by atoms with van der Waals surface area (Å²) in [5.74, 6) is 0.0461. The first-order valence-electron chi connectivity index (χ1n) is 8.52. The standard InChI is InChI=1S/C18H28N2O3/c1-22-14-15-23-13-7-10-18(21)19-16-8-3-4-9-17(16)20-11-5-2-6-12-20/h3-4,8-9H,2,5-7,10-15H2,1H3,(H,19,21). The van der Waals surface area contributed by atoms with Crippen LogP contribution in [0.15, 0.2) is 24.3 Å². The number of nitrogens with zero attached hydrogens (tertiary/aromatic N) is 1. The highest BCUT2D eigenvalue weighted by Gasteiger charge is 2.15. The number of para-hydroxylation sites is 2. The van der Waals surface area contributed by atoms with E-state index in [9.17, 15) is 4.79 Å². The van der Waals surface area contributed by atoms with Crippen LogP contribution in [0.5, 0.6) is 0 Å². The Morgan fingerprint density at radius 3 is 2.70 bits per heavy atom. The molecule has 1 aromatic carbocycles. The normalized spacial score (nSPS) is 14.7. The molecule has 0 aliphatic carbocycles. The monoisotopic (exact) mass is 320 g/mol. The van der Waals surface area contributed by atoms with Crippen molar-refractivity contribution < 1.29 is 14.3 Å². The van der Waals surface area contributed by atoms with Gasteiger partial charge in [-0.2, -0.15) is 0 Å². The highest BCUT2D eigenvalue weighted by Crippen LogP contribution is 2.28. The fraction of sp³-hybridized carbons (Fsp3) is 0.611. The summed E-state index contributed by atoms with van der Waals surface area (Å²) < 4.78 is 10.3. The van der Waals surface area contributed by atoms with Gasteiger partial charge in [0.05, 0.1) is 24.6 Å². The van der Waals surface area contributed by atoms with Gasteiger partial charge >= 0.3 is 0 Å². The van der Waals surface area contributed by atoms with E-state index >= 15 is 0 Å². The van der Waals surface area contributed by atoms with Crippen LogP contribution >= 0.6 is 0 Å². The predicted molar refractivity (Wildman–Crippen MR) is 93.1 cm³/mol. The fourth-order valence-electron chi connectivity index (χ4n) is 2.78. The second-order valence-electron chi connectivity index (χ2n) is 5.82. The van der Waals surface area contributed by atoms with Gasteiger partial charge in [0, 0.05) is 33.2 Å². The van der Waals surface area contributed by atoms with Crippen molar-refractivity contribution in [3.63, 3.8) is 0 Å². The molecular formula is C18H28N2O3. The highest BCUT2D eigenvalue weighted by atomic mass is 16.5. The molecule has 0 unspecified atom stereocenters. The number of rotatable bonds is 9. The zero-order valence-electron chi connectivity index (χ0n) is 14.1. The number of nitrogens with one attached hydrogen (secondary N) is 1. The third-order valence-electron chi connectivity index (χ3n) is 4.00. The van der Waals surface area contributed by atoms with Gasteiger partial charge in [-0.1, -0.05) is 12.1 Å². The first-order valence-corrected chi connectivity index (χ1v) is 8.52. The van der Waals surface area contributed by atoms with Crippen LogP contribution in [0.25, 0.3) is 0 Å². The van der Waals surface area contributed by atoms with E-state index in [2.05, 4.69) is 16.3 Å². The van der Waals surface area contributed by atoms with E-state index in [1.165, 1.54) is 19.3 Å². The molecule has 0 atom stereocenters. The summed E-state index contributed by atoms with van der Waals surface area (Å²) in [6.07, 6.45) is 4.94. The Kier molecular flexibility index (Phi) is 7.90. The Morgan fingerprint density at radius 2 is 1.91 bits per heavy atom. The average Bonchev–Trinajstić information content (AvgIpc) is 2.59. The molecule has 2 rings (SSSR count). The van der Waals surface area contributed by atoms with Gasteiger partial charge < -0.3 is 19.7 Å². The Bertz CT molecular complexity index is 473. The summed E-state index contributed by atoms with van der Waals surface area (Å²) in [4.78, 5) is 14.5. The second kappa shape index (κ2) is 10.2. The molecule has 1 aromatic rings. The summed E-state index contributed by atoms with van der Waals surface area (Å²) in [6.45, 7) is 3.90. The van der Waals surface area contributed by atoms with Crippen LogP contribution in [0.1, 0.15) is 32.1 Å². The first kappa shape index (κ1) is 17.8. The number of anilines is 2. The van der Waals surface area contributed by atoms with Gasteiger partial charge in [0.15, 0.2) is 0 Å². The minimum Gasteiger partial charge on any atom is -0.382 e. The number of hydrogen-bond acceptors (Lipinski definition) is 4. The van der Waals surface area contributed by atoms with Crippen molar-refractivity contribution in [1.82, 2.24) is 0 Å². The lowest BCUT2D eigenvalue weighted by molar-refractivity contribution is -0.116. The highest BCUT2D eigenvalue weighted by molar-refractivity contribution is 5.94. The Morgan fingerprint density at radius 1 is 1.13 bits per heavy atom. The van der Waals surface area contributed by atoms with E-state index in [1.807, 2.05) is 18.2 Å². The molecule has 23 heavy (non-hydrogen) atoms. The quantitative estimate of drug-likeness (QED) is 0.711. The number of hydrogen-bond donors (Lipinski definition) is 1. The summed E-state index contributed by atoms with van der Waals surface area (Å²) in [7, 11) is 1.65. The van der Waals surface area contributed by atoms with Crippen LogP contribution in [0.3, 0.4) is 0 Å². The Labute approximate surface area is 139 Å². The number of ether oxygens (including phenoxy) is 2. The molecular weight excluding hydrogens is 292 g/mol.